The Hall–Kier alpha value is -2.02. The van der Waals surface area contributed by atoms with Gasteiger partial charge in [0.05, 0.1) is 18.7 Å². The first kappa shape index (κ1) is 19.3. The molecule has 3 aromatic rings. The van der Waals surface area contributed by atoms with Crippen molar-refractivity contribution in [3.8, 4) is 11.4 Å². The molecule has 0 radical (unpaired) electrons. The molecule has 6 heteroatoms. The molecule has 0 amide bonds. The molecule has 0 spiro atoms. The number of hydrogen-bond acceptors (Lipinski definition) is 5. The molecule has 0 bridgehead atoms. The van der Waals surface area contributed by atoms with Crippen LogP contribution in [0.1, 0.15) is 12.0 Å². The highest BCUT2D eigenvalue weighted by Crippen LogP contribution is 2.26. The molecule has 1 aromatic heterocycles. The maximum absolute atomic E-state index is 5.42. The van der Waals surface area contributed by atoms with Crippen molar-refractivity contribution >= 4 is 32.7 Å². The number of benzene rings is 2. The summed E-state index contributed by atoms with van der Waals surface area (Å²) >= 11 is 3.49. The number of nitrogens with zero attached hydrogens (tertiary/aromatic N) is 3. The normalized spacial score (nSPS) is 15.1. The van der Waals surface area contributed by atoms with Crippen LogP contribution < -0.4 is 5.32 Å². The Labute approximate surface area is 174 Å². The molecule has 2 aromatic carbocycles. The number of ether oxygens (including phenoxy) is 1. The lowest BCUT2D eigenvalue weighted by molar-refractivity contribution is 0.0378. The highest BCUT2D eigenvalue weighted by Gasteiger charge is 2.12. The highest BCUT2D eigenvalue weighted by atomic mass is 79.9. The van der Waals surface area contributed by atoms with E-state index in [0.717, 1.165) is 78.4 Å². The van der Waals surface area contributed by atoms with E-state index in [9.17, 15) is 0 Å². The van der Waals surface area contributed by atoms with Crippen molar-refractivity contribution in [3.05, 3.63) is 52.5 Å². The smallest absolute Gasteiger partial charge is 0.162 e. The van der Waals surface area contributed by atoms with Gasteiger partial charge in [0.1, 0.15) is 5.82 Å². The third-order valence-corrected chi connectivity index (χ3v) is 5.53. The van der Waals surface area contributed by atoms with Crippen molar-refractivity contribution in [3.63, 3.8) is 0 Å². The molecular formula is C22H25BrN4O. The van der Waals surface area contributed by atoms with Gasteiger partial charge in [-0.25, -0.2) is 9.97 Å². The molecule has 146 valence electrons. The molecule has 1 saturated heterocycles. The van der Waals surface area contributed by atoms with Gasteiger partial charge in [-0.15, -0.1) is 0 Å². The van der Waals surface area contributed by atoms with Crippen LogP contribution in [0, 0.1) is 6.92 Å². The van der Waals surface area contributed by atoms with Crippen molar-refractivity contribution in [2.75, 3.05) is 44.7 Å². The molecule has 1 N–H and O–H groups in total. The maximum Gasteiger partial charge on any atom is 0.162 e. The van der Waals surface area contributed by atoms with Crippen molar-refractivity contribution < 1.29 is 4.74 Å². The second-order valence-corrected chi connectivity index (χ2v) is 8.07. The lowest BCUT2D eigenvalue weighted by Crippen LogP contribution is -2.37. The Morgan fingerprint density at radius 1 is 1.07 bits per heavy atom. The van der Waals surface area contributed by atoms with Crippen molar-refractivity contribution in [2.45, 2.75) is 13.3 Å². The van der Waals surface area contributed by atoms with Gasteiger partial charge in [0.15, 0.2) is 5.82 Å². The molecule has 0 unspecified atom stereocenters. The highest BCUT2D eigenvalue weighted by molar-refractivity contribution is 9.10. The van der Waals surface area contributed by atoms with Crippen LogP contribution in [0.4, 0.5) is 5.82 Å². The Balaban J connectivity index is 1.54. The molecule has 0 saturated carbocycles. The maximum atomic E-state index is 5.42. The van der Waals surface area contributed by atoms with Gasteiger partial charge in [-0.1, -0.05) is 39.7 Å². The number of hydrogen-bond donors (Lipinski definition) is 1. The molecule has 0 aliphatic carbocycles. The van der Waals surface area contributed by atoms with Crippen LogP contribution >= 0.6 is 15.9 Å². The fraction of sp³-hybridized carbons (Fsp3) is 0.364. The van der Waals surface area contributed by atoms with Gasteiger partial charge in [0.25, 0.3) is 0 Å². The number of fused-ring (bicyclic) bond motifs is 1. The molecule has 5 nitrogen and oxygen atoms in total. The fourth-order valence-electron chi connectivity index (χ4n) is 3.44. The average Bonchev–Trinajstić information content (AvgIpc) is 2.72. The van der Waals surface area contributed by atoms with E-state index in [1.807, 2.05) is 24.3 Å². The summed E-state index contributed by atoms with van der Waals surface area (Å²) in [5.41, 5.74) is 3.19. The summed E-state index contributed by atoms with van der Waals surface area (Å²) in [6.07, 6.45) is 1.07. The number of morpholine rings is 1. The summed E-state index contributed by atoms with van der Waals surface area (Å²) in [4.78, 5) is 12.1. The zero-order chi connectivity index (χ0) is 19.3. The van der Waals surface area contributed by atoms with Crippen LogP contribution in [0.15, 0.2) is 46.9 Å². The van der Waals surface area contributed by atoms with E-state index in [4.69, 9.17) is 14.7 Å². The molecule has 1 aliphatic rings. The summed E-state index contributed by atoms with van der Waals surface area (Å²) in [5.74, 6) is 1.66. The van der Waals surface area contributed by atoms with Gasteiger partial charge >= 0.3 is 0 Å². The third-order valence-electron chi connectivity index (χ3n) is 5.00. The van der Waals surface area contributed by atoms with Crippen molar-refractivity contribution in [2.24, 2.45) is 0 Å². The second-order valence-electron chi connectivity index (χ2n) is 7.16. The molecule has 2 heterocycles. The predicted octanol–water partition coefficient (Wildman–Crippen LogP) is 4.50. The average molecular weight is 441 g/mol. The molecular weight excluding hydrogens is 416 g/mol. The molecule has 4 rings (SSSR count). The minimum absolute atomic E-state index is 0.750. The number of aromatic nitrogens is 2. The molecule has 0 atom stereocenters. The van der Waals surface area contributed by atoms with E-state index >= 15 is 0 Å². The monoisotopic (exact) mass is 440 g/mol. The van der Waals surface area contributed by atoms with Gasteiger partial charge in [-0.2, -0.15) is 0 Å². The summed E-state index contributed by atoms with van der Waals surface area (Å²) in [6.45, 7) is 7.83. The van der Waals surface area contributed by atoms with Gasteiger partial charge in [-0.05, 0) is 44.2 Å². The van der Waals surface area contributed by atoms with Gasteiger partial charge < -0.3 is 10.1 Å². The topological polar surface area (TPSA) is 50.3 Å². The Kier molecular flexibility index (Phi) is 6.20. The summed E-state index contributed by atoms with van der Waals surface area (Å²) in [5, 5.41) is 4.63. The number of halogens is 1. The van der Waals surface area contributed by atoms with Gasteiger partial charge in [0.2, 0.25) is 0 Å². The quantitative estimate of drug-likeness (QED) is 0.571. The van der Waals surface area contributed by atoms with E-state index < -0.39 is 0 Å². The minimum atomic E-state index is 0.750. The van der Waals surface area contributed by atoms with Crippen molar-refractivity contribution in [1.82, 2.24) is 14.9 Å². The van der Waals surface area contributed by atoms with Crippen LogP contribution in [0.25, 0.3) is 22.3 Å². The first-order valence-corrected chi connectivity index (χ1v) is 10.6. The van der Waals surface area contributed by atoms with E-state index in [-0.39, 0.29) is 0 Å². The van der Waals surface area contributed by atoms with E-state index in [0.29, 0.717) is 0 Å². The molecule has 28 heavy (non-hydrogen) atoms. The van der Waals surface area contributed by atoms with Crippen molar-refractivity contribution in [1.29, 1.82) is 0 Å². The SMILES string of the molecule is Cc1ccc2nc(-c3ccc(Br)cc3)nc(NCCCN3CCOCC3)c2c1. The summed E-state index contributed by atoms with van der Waals surface area (Å²) < 4.78 is 6.47. The molecule has 1 aliphatic heterocycles. The lowest BCUT2D eigenvalue weighted by Gasteiger charge is -2.26. The van der Waals surface area contributed by atoms with E-state index in [1.165, 1.54) is 5.56 Å². The Morgan fingerprint density at radius 2 is 1.86 bits per heavy atom. The fourth-order valence-corrected chi connectivity index (χ4v) is 3.70. The number of aryl methyl sites for hydroxylation is 1. The van der Waals surface area contributed by atoms with Crippen LogP contribution in [0.2, 0.25) is 0 Å². The summed E-state index contributed by atoms with van der Waals surface area (Å²) in [6, 6.07) is 14.5. The number of rotatable bonds is 6. The minimum Gasteiger partial charge on any atom is -0.379 e. The zero-order valence-corrected chi connectivity index (χ0v) is 17.7. The van der Waals surface area contributed by atoms with Crippen LogP contribution in [-0.4, -0.2) is 54.3 Å². The standard InChI is InChI=1S/C22H25BrN4O/c1-16-3-8-20-19(15-16)22(24-9-2-10-27-11-13-28-14-12-27)26-21(25-20)17-4-6-18(23)7-5-17/h3-8,15H,2,9-14H2,1H3,(H,24,25,26). The van der Waals surface area contributed by atoms with Crippen LogP contribution in [-0.2, 0) is 4.74 Å². The van der Waals surface area contributed by atoms with E-state index in [2.05, 4.69) is 51.3 Å². The number of anilines is 1. The Morgan fingerprint density at radius 3 is 2.64 bits per heavy atom. The zero-order valence-electron chi connectivity index (χ0n) is 16.1. The first-order valence-electron chi connectivity index (χ1n) is 9.77. The largest absolute Gasteiger partial charge is 0.379 e. The predicted molar refractivity (Wildman–Crippen MR) is 118 cm³/mol. The lowest BCUT2D eigenvalue weighted by atomic mass is 10.1. The van der Waals surface area contributed by atoms with E-state index in [1.54, 1.807) is 0 Å². The van der Waals surface area contributed by atoms with Crippen LogP contribution in [0.5, 0.6) is 0 Å². The number of nitrogens with one attached hydrogen (secondary N) is 1. The second kappa shape index (κ2) is 8.99. The van der Waals surface area contributed by atoms with Gasteiger partial charge in [-0.3, -0.25) is 4.90 Å². The van der Waals surface area contributed by atoms with Crippen LogP contribution in [0.3, 0.4) is 0 Å². The first-order chi connectivity index (χ1) is 13.7. The molecule has 1 fully saturated rings. The summed E-state index contributed by atoms with van der Waals surface area (Å²) in [7, 11) is 0. The Bertz CT molecular complexity index is 939. The third kappa shape index (κ3) is 4.69. The van der Waals surface area contributed by atoms with Gasteiger partial charge in [0, 0.05) is 35.1 Å².